The maximum absolute atomic E-state index is 12.7. The summed E-state index contributed by atoms with van der Waals surface area (Å²) in [5.41, 5.74) is 0.168. The molecule has 1 atom stereocenters. The normalized spacial score (nSPS) is 15.8. The van der Waals surface area contributed by atoms with E-state index in [1.807, 2.05) is 0 Å². The van der Waals surface area contributed by atoms with Crippen molar-refractivity contribution in [2.24, 2.45) is 0 Å². The quantitative estimate of drug-likeness (QED) is 0.428. The number of carbonyl (C=O) groups is 1. The first kappa shape index (κ1) is 28.5. The zero-order valence-electron chi connectivity index (χ0n) is 19.7. The largest absolute Gasteiger partial charge is 0.492 e. The first-order valence-corrected chi connectivity index (χ1v) is 15.0. The van der Waals surface area contributed by atoms with Crippen molar-refractivity contribution in [3.05, 3.63) is 52.5 Å². The number of halogens is 2. The molecule has 1 unspecified atom stereocenters. The number of nitrogens with one attached hydrogen (secondary N) is 1. The summed E-state index contributed by atoms with van der Waals surface area (Å²) in [6, 6.07) is 9.17. The van der Waals surface area contributed by atoms with Gasteiger partial charge >= 0.3 is 0 Å². The fraction of sp³-hybridized carbons (Fsp3) is 0.409. The molecule has 10 nitrogen and oxygen atoms in total. The van der Waals surface area contributed by atoms with Crippen LogP contribution in [0.15, 0.2) is 47.4 Å². The van der Waals surface area contributed by atoms with Gasteiger partial charge in [-0.25, -0.2) is 16.8 Å². The van der Waals surface area contributed by atoms with E-state index in [-0.39, 0.29) is 33.8 Å². The number of hydrogen-bond donors (Lipinski definition) is 1. The van der Waals surface area contributed by atoms with Crippen LogP contribution >= 0.6 is 23.2 Å². The Hall–Kier alpha value is -2.09. The minimum atomic E-state index is -3.83. The van der Waals surface area contributed by atoms with Gasteiger partial charge in [0.15, 0.2) is 0 Å². The van der Waals surface area contributed by atoms with E-state index < -0.39 is 32.0 Å². The molecule has 14 heteroatoms. The molecule has 0 bridgehead atoms. The van der Waals surface area contributed by atoms with Gasteiger partial charge in [-0.05, 0) is 49.4 Å². The summed E-state index contributed by atoms with van der Waals surface area (Å²) in [4.78, 5) is 12.8. The third-order valence-electron chi connectivity index (χ3n) is 5.29. The van der Waals surface area contributed by atoms with E-state index in [0.717, 1.165) is 10.6 Å². The van der Waals surface area contributed by atoms with Crippen molar-refractivity contribution in [3.8, 4) is 5.75 Å². The molecule has 1 aliphatic rings. The molecule has 1 N–H and O–H groups in total. The fourth-order valence-corrected chi connectivity index (χ4v) is 6.69. The minimum Gasteiger partial charge on any atom is -0.492 e. The first-order valence-electron chi connectivity index (χ1n) is 10.9. The Morgan fingerprint density at radius 3 is 2.22 bits per heavy atom. The number of rotatable bonds is 10. The molecule has 0 radical (unpaired) electrons. The third-order valence-corrected chi connectivity index (χ3v) is 8.88. The molecule has 198 valence electrons. The van der Waals surface area contributed by atoms with Gasteiger partial charge in [-0.15, -0.1) is 0 Å². The van der Waals surface area contributed by atoms with Gasteiger partial charge < -0.3 is 14.8 Å². The van der Waals surface area contributed by atoms with E-state index in [9.17, 15) is 21.6 Å². The molecule has 1 aliphatic heterocycles. The lowest BCUT2D eigenvalue weighted by Gasteiger charge is -2.28. The van der Waals surface area contributed by atoms with Crippen LogP contribution < -0.4 is 14.4 Å². The zero-order chi connectivity index (χ0) is 26.5. The standard InChI is InChI=1S/C22H27Cl2N3O7S2/c1-16(27(35(2,29)30)19-14-17(23)13-18(24)15-19)22(28)25-7-10-34-20-3-5-21(6-4-20)36(31,32)26-8-11-33-12-9-26/h3-6,13-16H,7-12H2,1-2H3,(H,25,28). The van der Waals surface area contributed by atoms with Crippen LogP contribution in [0, 0.1) is 0 Å². The van der Waals surface area contributed by atoms with E-state index in [1.165, 1.54) is 53.7 Å². The van der Waals surface area contributed by atoms with Crippen LogP contribution in [0.25, 0.3) is 0 Å². The highest BCUT2D eigenvalue weighted by molar-refractivity contribution is 7.92. The Balaban J connectivity index is 1.56. The number of carbonyl (C=O) groups excluding carboxylic acids is 1. The van der Waals surface area contributed by atoms with Gasteiger partial charge in [0, 0.05) is 23.1 Å². The number of ether oxygens (including phenoxy) is 2. The highest BCUT2D eigenvalue weighted by Crippen LogP contribution is 2.28. The molecule has 1 saturated heterocycles. The lowest BCUT2D eigenvalue weighted by Crippen LogP contribution is -2.48. The van der Waals surface area contributed by atoms with E-state index in [4.69, 9.17) is 32.7 Å². The molecule has 0 saturated carbocycles. The van der Waals surface area contributed by atoms with Crippen molar-refractivity contribution in [1.82, 2.24) is 9.62 Å². The molecule has 0 spiro atoms. The summed E-state index contributed by atoms with van der Waals surface area (Å²) in [5, 5.41) is 3.10. The average molecular weight is 581 g/mol. The van der Waals surface area contributed by atoms with Gasteiger partial charge in [-0.2, -0.15) is 4.31 Å². The molecule has 3 rings (SSSR count). The number of nitrogens with zero attached hydrogens (tertiary/aromatic N) is 2. The van der Waals surface area contributed by atoms with Crippen LogP contribution in [0.1, 0.15) is 6.92 Å². The van der Waals surface area contributed by atoms with Gasteiger partial charge in [0.05, 0.1) is 36.6 Å². The monoisotopic (exact) mass is 579 g/mol. The Kier molecular flexibility index (Phi) is 9.47. The Morgan fingerprint density at radius 2 is 1.67 bits per heavy atom. The van der Waals surface area contributed by atoms with Crippen molar-refractivity contribution >= 4 is 54.8 Å². The number of morpholine rings is 1. The van der Waals surface area contributed by atoms with Gasteiger partial charge in [0.1, 0.15) is 18.4 Å². The Bertz CT molecular complexity index is 1260. The van der Waals surface area contributed by atoms with E-state index >= 15 is 0 Å². The lowest BCUT2D eigenvalue weighted by molar-refractivity contribution is -0.121. The van der Waals surface area contributed by atoms with Crippen molar-refractivity contribution in [3.63, 3.8) is 0 Å². The highest BCUT2D eigenvalue weighted by atomic mass is 35.5. The average Bonchev–Trinajstić information content (AvgIpc) is 2.81. The Labute approximate surface area is 221 Å². The third kappa shape index (κ3) is 7.24. The van der Waals surface area contributed by atoms with Crippen LogP contribution in [0.2, 0.25) is 10.0 Å². The second-order valence-corrected chi connectivity index (χ2v) is 12.7. The van der Waals surface area contributed by atoms with Gasteiger partial charge in [0.2, 0.25) is 26.0 Å². The molecule has 1 fully saturated rings. The summed E-state index contributed by atoms with van der Waals surface area (Å²) in [6.07, 6.45) is 0.984. The number of sulfonamides is 2. The van der Waals surface area contributed by atoms with E-state index in [1.54, 1.807) is 0 Å². The first-order chi connectivity index (χ1) is 16.9. The molecule has 0 aliphatic carbocycles. The van der Waals surface area contributed by atoms with Gasteiger partial charge in [-0.1, -0.05) is 23.2 Å². The van der Waals surface area contributed by atoms with E-state index in [0.29, 0.717) is 32.1 Å². The van der Waals surface area contributed by atoms with Crippen molar-refractivity contribution in [2.45, 2.75) is 17.9 Å². The van der Waals surface area contributed by atoms with Gasteiger partial charge in [-0.3, -0.25) is 9.10 Å². The second-order valence-electron chi connectivity index (χ2n) is 7.99. The van der Waals surface area contributed by atoms with Crippen molar-refractivity contribution in [1.29, 1.82) is 0 Å². The van der Waals surface area contributed by atoms with Crippen molar-refractivity contribution in [2.75, 3.05) is 50.0 Å². The summed E-state index contributed by atoms with van der Waals surface area (Å²) < 4.78 is 63.3. The zero-order valence-corrected chi connectivity index (χ0v) is 22.8. The smallest absolute Gasteiger partial charge is 0.243 e. The van der Waals surface area contributed by atoms with Gasteiger partial charge in [0.25, 0.3) is 0 Å². The predicted octanol–water partition coefficient (Wildman–Crippen LogP) is 2.36. The number of anilines is 1. The SMILES string of the molecule is CC(C(=O)NCCOc1ccc(S(=O)(=O)N2CCOCC2)cc1)N(c1cc(Cl)cc(Cl)c1)S(C)(=O)=O. The Morgan fingerprint density at radius 1 is 1.08 bits per heavy atom. The lowest BCUT2D eigenvalue weighted by atomic mass is 10.2. The topological polar surface area (TPSA) is 122 Å². The van der Waals surface area contributed by atoms with Crippen LogP contribution in [0.5, 0.6) is 5.75 Å². The molecule has 2 aromatic carbocycles. The van der Waals surface area contributed by atoms with Crippen molar-refractivity contribution < 1.29 is 31.1 Å². The summed E-state index contributed by atoms with van der Waals surface area (Å²) in [6.45, 7) is 2.94. The molecular formula is C22H27Cl2N3O7S2. The molecule has 0 aromatic heterocycles. The minimum absolute atomic E-state index is 0.0793. The van der Waals surface area contributed by atoms with E-state index in [2.05, 4.69) is 5.32 Å². The van der Waals surface area contributed by atoms with Crippen LogP contribution in [0.4, 0.5) is 5.69 Å². The molecule has 1 amide bonds. The summed E-state index contributed by atoms with van der Waals surface area (Å²) in [7, 11) is -7.43. The van der Waals surface area contributed by atoms with Crippen LogP contribution in [-0.2, 0) is 29.6 Å². The molecule has 1 heterocycles. The maximum atomic E-state index is 12.7. The maximum Gasteiger partial charge on any atom is 0.243 e. The number of amides is 1. The summed E-state index contributed by atoms with van der Waals surface area (Å²) >= 11 is 12.0. The second kappa shape index (κ2) is 12.0. The highest BCUT2D eigenvalue weighted by Gasteiger charge is 2.29. The number of hydrogen-bond acceptors (Lipinski definition) is 7. The van der Waals surface area contributed by atoms with Crippen LogP contribution in [0.3, 0.4) is 0 Å². The van der Waals surface area contributed by atoms with Crippen LogP contribution in [-0.4, -0.2) is 78.8 Å². The number of benzene rings is 2. The molecule has 36 heavy (non-hydrogen) atoms. The predicted molar refractivity (Wildman–Crippen MR) is 138 cm³/mol. The molecular weight excluding hydrogens is 553 g/mol. The fourth-order valence-electron chi connectivity index (χ4n) is 3.61. The summed E-state index contributed by atoms with van der Waals surface area (Å²) in [5.74, 6) is -0.128. The molecule has 2 aromatic rings.